The number of ether oxygens (including phenoxy) is 1. The van der Waals surface area contributed by atoms with E-state index in [2.05, 4.69) is 5.32 Å². The number of hydrogen-bond acceptors (Lipinski definition) is 3. The van der Waals surface area contributed by atoms with Gasteiger partial charge in [0, 0.05) is 6.04 Å². The van der Waals surface area contributed by atoms with Crippen LogP contribution in [0.1, 0.15) is 32.1 Å². The second-order valence-corrected chi connectivity index (χ2v) is 3.66. The second-order valence-electron chi connectivity index (χ2n) is 3.66. The summed E-state index contributed by atoms with van der Waals surface area (Å²) in [6.07, 6.45) is 5.60. The molecule has 0 aromatic heterocycles. The average molecular weight is 199 g/mol. The van der Waals surface area contributed by atoms with Gasteiger partial charge < -0.3 is 10.1 Å². The zero-order valence-electron chi connectivity index (χ0n) is 8.49. The van der Waals surface area contributed by atoms with Crippen molar-refractivity contribution in [2.45, 2.75) is 38.1 Å². The van der Waals surface area contributed by atoms with E-state index in [0.717, 1.165) is 32.1 Å². The van der Waals surface area contributed by atoms with Gasteiger partial charge in [0.05, 0.1) is 13.0 Å². The van der Waals surface area contributed by atoms with Crippen molar-refractivity contribution in [3.05, 3.63) is 0 Å². The lowest BCUT2D eigenvalue weighted by Crippen LogP contribution is -2.39. The van der Waals surface area contributed by atoms with Gasteiger partial charge in [0.25, 0.3) is 0 Å². The van der Waals surface area contributed by atoms with Crippen LogP contribution in [0.25, 0.3) is 0 Å². The molecule has 0 aliphatic heterocycles. The van der Waals surface area contributed by atoms with Crippen molar-refractivity contribution in [3.8, 4) is 0 Å². The van der Waals surface area contributed by atoms with Crippen LogP contribution in [0.2, 0.25) is 0 Å². The van der Waals surface area contributed by atoms with Gasteiger partial charge in [-0.3, -0.25) is 9.59 Å². The second kappa shape index (κ2) is 5.62. The van der Waals surface area contributed by atoms with Gasteiger partial charge in [-0.2, -0.15) is 0 Å². The van der Waals surface area contributed by atoms with Gasteiger partial charge in [-0.1, -0.05) is 19.3 Å². The van der Waals surface area contributed by atoms with Crippen LogP contribution in [0.4, 0.5) is 0 Å². The Balaban J connectivity index is 2.62. The van der Waals surface area contributed by atoms with Crippen LogP contribution >= 0.6 is 0 Å². The number of nitrogens with one attached hydrogen (secondary N) is 1. The Morgan fingerprint density at radius 3 is 2.71 bits per heavy atom. The summed E-state index contributed by atoms with van der Waals surface area (Å²) in [5.41, 5.74) is 0. The van der Waals surface area contributed by atoms with Crippen LogP contribution in [0.3, 0.4) is 0 Å². The van der Waals surface area contributed by atoms with E-state index < -0.39 is 0 Å². The first-order valence-corrected chi connectivity index (χ1v) is 5.07. The van der Waals surface area contributed by atoms with E-state index in [-0.39, 0.29) is 17.9 Å². The first-order valence-electron chi connectivity index (χ1n) is 5.07. The Labute approximate surface area is 84.0 Å². The van der Waals surface area contributed by atoms with Crippen LogP contribution in [-0.4, -0.2) is 25.5 Å². The molecular weight excluding hydrogens is 182 g/mol. The fraction of sp³-hybridized carbons (Fsp3) is 0.800. The molecule has 1 amide bonds. The van der Waals surface area contributed by atoms with Crippen LogP contribution < -0.4 is 5.32 Å². The van der Waals surface area contributed by atoms with E-state index >= 15 is 0 Å². The van der Waals surface area contributed by atoms with E-state index in [1.807, 2.05) is 0 Å². The number of carbonyl (C=O) groups is 2. The van der Waals surface area contributed by atoms with Crippen molar-refractivity contribution in [2.75, 3.05) is 7.11 Å². The standard InChI is InChI=1S/C10H17NO3/c1-14-10(13)8-5-3-2-4-6-9(8)11-7-12/h7-9H,2-6H2,1H3,(H,11,12). The summed E-state index contributed by atoms with van der Waals surface area (Å²) in [5, 5.41) is 2.71. The Morgan fingerprint density at radius 1 is 1.36 bits per heavy atom. The third-order valence-corrected chi connectivity index (χ3v) is 2.80. The summed E-state index contributed by atoms with van der Waals surface area (Å²) < 4.78 is 4.73. The highest BCUT2D eigenvalue weighted by Crippen LogP contribution is 2.24. The summed E-state index contributed by atoms with van der Waals surface area (Å²) in [7, 11) is 1.39. The molecule has 0 bridgehead atoms. The minimum atomic E-state index is -0.203. The highest BCUT2D eigenvalue weighted by Gasteiger charge is 2.29. The minimum absolute atomic E-state index is 0.0394. The number of rotatable bonds is 3. The van der Waals surface area contributed by atoms with Crippen molar-refractivity contribution in [1.82, 2.24) is 5.32 Å². The van der Waals surface area contributed by atoms with Gasteiger partial charge in [0.15, 0.2) is 0 Å². The number of amides is 1. The summed E-state index contributed by atoms with van der Waals surface area (Å²) in [4.78, 5) is 21.8. The summed E-state index contributed by atoms with van der Waals surface area (Å²) in [5.74, 6) is -0.362. The molecule has 0 spiro atoms. The fourth-order valence-corrected chi connectivity index (χ4v) is 2.03. The molecule has 4 heteroatoms. The van der Waals surface area contributed by atoms with Crippen LogP contribution in [0.15, 0.2) is 0 Å². The largest absolute Gasteiger partial charge is 0.469 e. The first kappa shape index (κ1) is 11.0. The van der Waals surface area contributed by atoms with Crippen LogP contribution in [0.5, 0.6) is 0 Å². The van der Waals surface area contributed by atoms with E-state index in [9.17, 15) is 9.59 Å². The molecule has 2 unspecified atom stereocenters. The van der Waals surface area contributed by atoms with Gasteiger partial charge in [-0.25, -0.2) is 0 Å². The molecular formula is C10H17NO3. The maximum atomic E-state index is 11.4. The molecule has 1 N–H and O–H groups in total. The van der Waals surface area contributed by atoms with Gasteiger partial charge in [-0.15, -0.1) is 0 Å². The predicted molar refractivity (Wildman–Crippen MR) is 51.6 cm³/mol. The Kier molecular flexibility index (Phi) is 4.43. The maximum absolute atomic E-state index is 11.4. The SMILES string of the molecule is COC(=O)C1CCCCCC1NC=O. The maximum Gasteiger partial charge on any atom is 0.310 e. The normalized spacial score (nSPS) is 27.5. The third kappa shape index (κ3) is 2.72. The van der Waals surface area contributed by atoms with Gasteiger partial charge in [-0.05, 0) is 12.8 Å². The molecule has 0 saturated heterocycles. The van der Waals surface area contributed by atoms with E-state index in [1.165, 1.54) is 7.11 Å². The van der Waals surface area contributed by atoms with Crippen LogP contribution in [0, 0.1) is 5.92 Å². The molecule has 1 aliphatic carbocycles. The first-order chi connectivity index (χ1) is 6.79. The van der Waals surface area contributed by atoms with Crippen molar-refractivity contribution >= 4 is 12.4 Å². The monoisotopic (exact) mass is 199 g/mol. The molecule has 1 fully saturated rings. The average Bonchev–Trinajstić information content (AvgIpc) is 2.43. The fourth-order valence-electron chi connectivity index (χ4n) is 2.03. The van der Waals surface area contributed by atoms with E-state index in [0.29, 0.717) is 6.41 Å². The van der Waals surface area contributed by atoms with Gasteiger partial charge in [0.2, 0.25) is 6.41 Å². The number of esters is 1. The molecule has 80 valence electrons. The highest BCUT2D eigenvalue weighted by atomic mass is 16.5. The molecule has 1 rings (SSSR count). The lowest BCUT2D eigenvalue weighted by atomic mass is 9.95. The van der Waals surface area contributed by atoms with Crippen molar-refractivity contribution in [3.63, 3.8) is 0 Å². The molecule has 0 heterocycles. The van der Waals surface area contributed by atoms with Gasteiger partial charge >= 0.3 is 5.97 Å². The molecule has 0 radical (unpaired) electrons. The van der Waals surface area contributed by atoms with Crippen molar-refractivity contribution in [1.29, 1.82) is 0 Å². The predicted octanol–water partition coefficient (Wildman–Crippen LogP) is 0.854. The molecule has 1 saturated carbocycles. The Morgan fingerprint density at radius 2 is 2.07 bits per heavy atom. The van der Waals surface area contributed by atoms with Crippen molar-refractivity contribution in [2.24, 2.45) is 5.92 Å². The molecule has 14 heavy (non-hydrogen) atoms. The highest BCUT2D eigenvalue weighted by molar-refractivity contribution is 5.73. The topological polar surface area (TPSA) is 55.4 Å². The number of methoxy groups -OCH3 is 1. The summed E-state index contributed by atoms with van der Waals surface area (Å²) in [6, 6.07) is -0.0394. The Bertz CT molecular complexity index is 206. The lowest BCUT2D eigenvalue weighted by Gasteiger charge is -2.21. The summed E-state index contributed by atoms with van der Waals surface area (Å²) >= 11 is 0. The molecule has 2 atom stereocenters. The molecule has 0 aromatic rings. The molecule has 1 aliphatic rings. The Hall–Kier alpha value is -1.06. The van der Waals surface area contributed by atoms with E-state index in [1.54, 1.807) is 0 Å². The van der Waals surface area contributed by atoms with Crippen molar-refractivity contribution < 1.29 is 14.3 Å². The zero-order valence-corrected chi connectivity index (χ0v) is 8.49. The smallest absolute Gasteiger partial charge is 0.310 e. The zero-order chi connectivity index (χ0) is 10.4. The molecule has 0 aromatic carbocycles. The van der Waals surface area contributed by atoms with Crippen LogP contribution in [-0.2, 0) is 14.3 Å². The summed E-state index contributed by atoms with van der Waals surface area (Å²) in [6.45, 7) is 0. The minimum Gasteiger partial charge on any atom is -0.469 e. The number of carbonyl (C=O) groups excluding carboxylic acids is 2. The lowest BCUT2D eigenvalue weighted by molar-refractivity contribution is -0.146. The van der Waals surface area contributed by atoms with E-state index in [4.69, 9.17) is 4.74 Å². The number of hydrogen-bond donors (Lipinski definition) is 1. The quantitative estimate of drug-likeness (QED) is 0.416. The molecule has 4 nitrogen and oxygen atoms in total. The third-order valence-electron chi connectivity index (χ3n) is 2.80. The van der Waals surface area contributed by atoms with Gasteiger partial charge in [0.1, 0.15) is 0 Å².